The first kappa shape index (κ1) is 14.7. The van der Waals surface area contributed by atoms with E-state index in [0.29, 0.717) is 5.69 Å². The molecule has 1 aromatic heterocycles. The lowest BCUT2D eigenvalue weighted by Crippen LogP contribution is -2.46. The number of carbonyl (C=O) groups is 1. The monoisotopic (exact) mass is 279 g/mol. The Bertz CT molecular complexity index is 473. The standard InChI is InChI=1S/C14H21N3O3/c1-10-7-12(13(18)8-15-10)14(19)16-11(2)9-17-3-5-20-6-4-17/h7-8,11,18H,3-6,9H2,1-2H3,(H,16,19)/t11-/m0/s1. The predicted molar refractivity (Wildman–Crippen MR) is 74.8 cm³/mol. The molecule has 0 saturated carbocycles. The number of nitrogens with one attached hydrogen (secondary N) is 1. The summed E-state index contributed by atoms with van der Waals surface area (Å²) in [5.74, 6) is -0.361. The fourth-order valence-electron chi connectivity index (χ4n) is 2.25. The van der Waals surface area contributed by atoms with E-state index in [2.05, 4.69) is 15.2 Å². The fourth-order valence-corrected chi connectivity index (χ4v) is 2.25. The highest BCUT2D eigenvalue weighted by Crippen LogP contribution is 2.15. The Morgan fingerprint density at radius 3 is 2.95 bits per heavy atom. The summed E-state index contributed by atoms with van der Waals surface area (Å²) >= 11 is 0. The van der Waals surface area contributed by atoms with Crippen molar-refractivity contribution in [2.45, 2.75) is 19.9 Å². The molecule has 1 atom stereocenters. The highest BCUT2D eigenvalue weighted by Gasteiger charge is 2.17. The van der Waals surface area contributed by atoms with Crippen LogP contribution in [0.2, 0.25) is 0 Å². The van der Waals surface area contributed by atoms with Gasteiger partial charge < -0.3 is 15.2 Å². The summed E-state index contributed by atoms with van der Waals surface area (Å²) in [6.45, 7) is 7.78. The first-order chi connectivity index (χ1) is 9.56. The van der Waals surface area contributed by atoms with Gasteiger partial charge in [-0.15, -0.1) is 0 Å². The van der Waals surface area contributed by atoms with Gasteiger partial charge in [0.1, 0.15) is 5.75 Å². The number of hydrogen-bond donors (Lipinski definition) is 2. The van der Waals surface area contributed by atoms with Gasteiger partial charge in [0.15, 0.2) is 0 Å². The summed E-state index contributed by atoms with van der Waals surface area (Å²) in [7, 11) is 0. The minimum absolute atomic E-state index is 0.00784. The second kappa shape index (κ2) is 6.67. The van der Waals surface area contributed by atoms with Crippen molar-refractivity contribution in [2.24, 2.45) is 0 Å². The van der Waals surface area contributed by atoms with Crippen molar-refractivity contribution in [3.8, 4) is 5.75 Å². The van der Waals surface area contributed by atoms with Crippen LogP contribution in [-0.2, 0) is 4.74 Å². The molecule has 2 N–H and O–H groups in total. The van der Waals surface area contributed by atoms with E-state index >= 15 is 0 Å². The highest BCUT2D eigenvalue weighted by molar-refractivity contribution is 5.96. The molecule has 1 amide bonds. The molecule has 0 spiro atoms. The van der Waals surface area contributed by atoms with Gasteiger partial charge in [-0.25, -0.2) is 0 Å². The number of nitrogens with zero attached hydrogens (tertiary/aromatic N) is 2. The molecule has 0 unspecified atom stereocenters. The topological polar surface area (TPSA) is 74.7 Å². The van der Waals surface area contributed by atoms with Gasteiger partial charge in [-0.05, 0) is 19.9 Å². The second-order valence-electron chi connectivity index (χ2n) is 5.13. The van der Waals surface area contributed by atoms with Crippen molar-refractivity contribution in [3.63, 3.8) is 0 Å². The van der Waals surface area contributed by atoms with Gasteiger partial charge >= 0.3 is 0 Å². The third-order valence-corrected chi connectivity index (χ3v) is 3.28. The molecule has 6 heteroatoms. The maximum absolute atomic E-state index is 12.1. The van der Waals surface area contributed by atoms with Crippen LogP contribution in [0.1, 0.15) is 23.0 Å². The number of pyridine rings is 1. The van der Waals surface area contributed by atoms with Crippen LogP contribution in [0, 0.1) is 6.92 Å². The summed E-state index contributed by atoms with van der Waals surface area (Å²) in [6.07, 6.45) is 1.30. The Kier molecular flexibility index (Phi) is 4.92. The number of ether oxygens (including phenoxy) is 1. The van der Waals surface area contributed by atoms with Crippen LogP contribution >= 0.6 is 0 Å². The van der Waals surface area contributed by atoms with Crippen LogP contribution in [0.4, 0.5) is 0 Å². The highest BCUT2D eigenvalue weighted by atomic mass is 16.5. The van der Waals surface area contributed by atoms with Crippen LogP contribution < -0.4 is 5.32 Å². The Hall–Kier alpha value is -1.66. The van der Waals surface area contributed by atoms with Gasteiger partial charge in [-0.1, -0.05) is 0 Å². The van der Waals surface area contributed by atoms with E-state index in [1.54, 1.807) is 13.0 Å². The predicted octanol–water partition coefficient (Wildman–Crippen LogP) is 0.546. The lowest BCUT2D eigenvalue weighted by Gasteiger charge is -2.29. The fraction of sp³-hybridized carbons (Fsp3) is 0.571. The molecule has 0 radical (unpaired) electrons. The number of carbonyl (C=O) groups excluding carboxylic acids is 1. The minimum atomic E-state index is -0.270. The third kappa shape index (κ3) is 3.91. The zero-order valence-electron chi connectivity index (χ0n) is 11.9. The van der Waals surface area contributed by atoms with Gasteiger partial charge in [0.25, 0.3) is 5.91 Å². The minimum Gasteiger partial charge on any atom is -0.505 e. The number of hydrogen-bond acceptors (Lipinski definition) is 5. The molecule has 1 aromatic rings. The van der Waals surface area contributed by atoms with E-state index in [1.165, 1.54) is 6.20 Å². The number of aryl methyl sites for hydroxylation is 1. The zero-order valence-corrected chi connectivity index (χ0v) is 11.9. The molecule has 1 aliphatic heterocycles. The summed E-state index contributed by atoms with van der Waals surface area (Å²) in [5.41, 5.74) is 0.972. The molecule has 0 aromatic carbocycles. The number of rotatable bonds is 4. The van der Waals surface area contributed by atoms with E-state index in [9.17, 15) is 9.90 Å². The summed E-state index contributed by atoms with van der Waals surface area (Å²) in [5, 5.41) is 12.6. The molecule has 20 heavy (non-hydrogen) atoms. The number of aromatic nitrogens is 1. The Labute approximate surface area is 118 Å². The molecule has 1 aliphatic rings. The van der Waals surface area contributed by atoms with Gasteiger partial charge in [-0.3, -0.25) is 14.7 Å². The van der Waals surface area contributed by atoms with E-state index < -0.39 is 0 Å². The van der Waals surface area contributed by atoms with E-state index in [-0.39, 0.29) is 23.3 Å². The van der Waals surface area contributed by atoms with Crippen molar-refractivity contribution >= 4 is 5.91 Å². The van der Waals surface area contributed by atoms with E-state index in [4.69, 9.17) is 4.74 Å². The van der Waals surface area contributed by atoms with Gasteiger partial charge in [-0.2, -0.15) is 0 Å². The van der Waals surface area contributed by atoms with Crippen LogP contribution in [-0.4, -0.2) is 59.8 Å². The summed E-state index contributed by atoms with van der Waals surface area (Å²) in [6, 6.07) is 1.60. The molecular weight excluding hydrogens is 258 g/mol. The number of amides is 1. The van der Waals surface area contributed by atoms with Crippen LogP contribution in [0.5, 0.6) is 5.75 Å². The maximum atomic E-state index is 12.1. The van der Waals surface area contributed by atoms with Gasteiger partial charge in [0.05, 0.1) is 25.0 Å². The van der Waals surface area contributed by atoms with Gasteiger partial charge in [0, 0.05) is 31.4 Å². The van der Waals surface area contributed by atoms with Crippen molar-refractivity contribution in [2.75, 3.05) is 32.8 Å². The van der Waals surface area contributed by atoms with Crippen LogP contribution in [0.25, 0.3) is 0 Å². The molecule has 1 fully saturated rings. The molecule has 2 rings (SSSR count). The first-order valence-corrected chi connectivity index (χ1v) is 6.83. The smallest absolute Gasteiger partial charge is 0.255 e. The quantitative estimate of drug-likeness (QED) is 0.841. The lowest BCUT2D eigenvalue weighted by atomic mass is 10.2. The second-order valence-corrected chi connectivity index (χ2v) is 5.13. The molecule has 6 nitrogen and oxygen atoms in total. The normalized spacial score (nSPS) is 17.7. The largest absolute Gasteiger partial charge is 0.505 e. The lowest BCUT2D eigenvalue weighted by molar-refractivity contribution is 0.0342. The van der Waals surface area contributed by atoms with Crippen molar-refractivity contribution in [1.82, 2.24) is 15.2 Å². The molecule has 0 aliphatic carbocycles. The van der Waals surface area contributed by atoms with E-state index in [0.717, 1.165) is 32.8 Å². The third-order valence-electron chi connectivity index (χ3n) is 3.28. The van der Waals surface area contributed by atoms with Crippen molar-refractivity contribution < 1.29 is 14.6 Å². The first-order valence-electron chi connectivity index (χ1n) is 6.83. The molecule has 0 bridgehead atoms. The Morgan fingerprint density at radius 2 is 2.25 bits per heavy atom. The molecule has 2 heterocycles. The summed E-state index contributed by atoms with van der Waals surface area (Å²) in [4.78, 5) is 18.3. The average molecular weight is 279 g/mol. The van der Waals surface area contributed by atoms with Crippen LogP contribution in [0.3, 0.4) is 0 Å². The molecule has 110 valence electrons. The maximum Gasteiger partial charge on any atom is 0.255 e. The Balaban J connectivity index is 1.91. The van der Waals surface area contributed by atoms with Crippen LogP contribution in [0.15, 0.2) is 12.3 Å². The average Bonchev–Trinajstić information content (AvgIpc) is 2.42. The molecular formula is C14H21N3O3. The SMILES string of the molecule is Cc1cc(C(=O)N[C@@H](C)CN2CCOCC2)c(O)cn1. The summed E-state index contributed by atoms with van der Waals surface area (Å²) < 4.78 is 5.29. The van der Waals surface area contributed by atoms with Crippen molar-refractivity contribution in [3.05, 3.63) is 23.5 Å². The number of morpholine rings is 1. The molecule has 1 saturated heterocycles. The zero-order chi connectivity index (χ0) is 14.5. The van der Waals surface area contributed by atoms with E-state index in [1.807, 2.05) is 6.92 Å². The Morgan fingerprint density at radius 1 is 1.55 bits per heavy atom. The number of aromatic hydroxyl groups is 1. The van der Waals surface area contributed by atoms with Crippen molar-refractivity contribution in [1.29, 1.82) is 0 Å². The van der Waals surface area contributed by atoms with Gasteiger partial charge in [0.2, 0.25) is 0 Å².